The molecule has 0 saturated carbocycles. The Labute approximate surface area is 201 Å². The third-order valence-corrected chi connectivity index (χ3v) is 6.22. The van der Waals surface area contributed by atoms with Crippen molar-refractivity contribution in [3.05, 3.63) is 89.0 Å². The standard InChI is InChI=1S/C28H31N3O3/c1-20-8-9-23(16-21(20)2)19-30-14-5-15-31(28(30)33)25-7-4-6-24(18-25)29-27(32)17-22-10-12-26(34-3)13-11-22/h4,6-13,16,18H,5,14-15,17,19H2,1-3H3,(H,29,32). The maximum atomic E-state index is 13.3. The summed E-state index contributed by atoms with van der Waals surface area (Å²) in [6.45, 7) is 6.17. The zero-order valence-electron chi connectivity index (χ0n) is 20.0. The molecular weight excluding hydrogens is 426 g/mol. The van der Waals surface area contributed by atoms with Crippen molar-refractivity contribution >= 4 is 23.3 Å². The highest BCUT2D eigenvalue weighted by atomic mass is 16.5. The van der Waals surface area contributed by atoms with E-state index in [9.17, 15) is 9.59 Å². The summed E-state index contributed by atoms with van der Waals surface area (Å²) in [5.41, 5.74) is 5.99. The van der Waals surface area contributed by atoms with Crippen LogP contribution in [0.25, 0.3) is 0 Å². The van der Waals surface area contributed by atoms with Gasteiger partial charge in [-0.15, -0.1) is 0 Å². The molecule has 3 aromatic carbocycles. The molecule has 0 aliphatic carbocycles. The summed E-state index contributed by atoms with van der Waals surface area (Å²) in [6, 6.07) is 21.3. The van der Waals surface area contributed by atoms with Crippen LogP contribution >= 0.6 is 0 Å². The molecule has 0 unspecified atom stereocenters. The van der Waals surface area contributed by atoms with Crippen LogP contribution in [0.3, 0.4) is 0 Å². The summed E-state index contributed by atoms with van der Waals surface area (Å²) < 4.78 is 5.16. The highest BCUT2D eigenvalue weighted by molar-refractivity contribution is 5.95. The van der Waals surface area contributed by atoms with E-state index in [1.54, 1.807) is 12.0 Å². The van der Waals surface area contributed by atoms with Crippen molar-refractivity contribution in [3.63, 3.8) is 0 Å². The van der Waals surface area contributed by atoms with Crippen LogP contribution in [-0.2, 0) is 17.8 Å². The molecule has 3 aromatic rings. The molecule has 1 aliphatic rings. The normalized spacial score (nSPS) is 13.7. The van der Waals surface area contributed by atoms with Crippen LogP contribution in [-0.4, -0.2) is 37.0 Å². The highest BCUT2D eigenvalue weighted by Crippen LogP contribution is 2.25. The van der Waals surface area contributed by atoms with Crippen LogP contribution < -0.4 is 15.0 Å². The van der Waals surface area contributed by atoms with Gasteiger partial charge in [0.15, 0.2) is 0 Å². The van der Waals surface area contributed by atoms with Crippen molar-refractivity contribution in [1.29, 1.82) is 0 Å². The lowest BCUT2D eigenvalue weighted by Crippen LogP contribution is -2.49. The van der Waals surface area contributed by atoms with Gasteiger partial charge in [0.25, 0.3) is 0 Å². The van der Waals surface area contributed by atoms with Gasteiger partial charge in [0.05, 0.1) is 13.5 Å². The summed E-state index contributed by atoms with van der Waals surface area (Å²) in [7, 11) is 1.62. The lowest BCUT2D eigenvalue weighted by molar-refractivity contribution is -0.115. The summed E-state index contributed by atoms with van der Waals surface area (Å²) in [5.74, 6) is 0.651. The fourth-order valence-electron chi connectivity index (χ4n) is 4.18. The van der Waals surface area contributed by atoms with Gasteiger partial charge in [0.1, 0.15) is 5.75 Å². The quantitative estimate of drug-likeness (QED) is 0.522. The number of methoxy groups -OCH3 is 1. The Morgan fingerprint density at radius 2 is 1.71 bits per heavy atom. The fraction of sp³-hybridized carbons (Fsp3) is 0.286. The number of rotatable bonds is 7. The van der Waals surface area contributed by atoms with Crippen LogP contribution in [0.4, 0.5) is 16.2 Å². The summed E-state index contributed by atoms with van der Waals surface area (Å²) in [5, 5.41) is 2.95. The maximum absolute atomic E-state index is 13.3. The number of amides is 3. The van der Waals surface area contributed by atoms with Crippen LogP contribution in [0.2, 0.25) is 0 Å². The van der Waals surface area contributed by atoms with Crippen molar-refractivity contribution in [2.75, 3.05) is 30.4 Å². The number of carbonyl (C=O) groups is 2. The molecule has 1 aliphatic heterocycles. The number of ether oxygens (including phenoxy) is 1. The van der Waals surface area contributed by atoms with Gasteiger partial charge in [-0.05, 0) is 72.9 Å². The summed E-state index contributed by atoms with van der Waals surface area (Å²) >= 11 is 0. The van der Waals surface area contributed by atoms with Crippen LogP contribution in [0, 0.1) is 13.8 Å². The number of benzene rings is 3. The second-order valence-corrected chi connectivity index (χ2v) is 8.75. The molecule has 1 saturated heterocycles. The van der Waals surface area contributed by atoms with Gasteiger partial charge in [-0.3, -0.25) is 9.69 Å². The molecular formula is C28H31N3O3. The molecule has 0 aromatic heterocycles. The van der Waals surface area contributed by atoms with E-state index in [1.165, 1.54) is 11.1 Å². The topological polar surface area (TPSA) is 61.9 Å². The first kappa shape index (κ1) is 23.4. The minimum atomic E-state index is -0.108. The first-order valence-corrected chi connectivity index (χ1v) is 11.6. The van der Waals surface area contributed by atoms with Crippen molar-refractivity contribution in [3.8, 4) is 5.75 Å². The molecule has 6 heteroatoms. The van der Waals surface area contributed by atoms with Crippen molar-refractivity contribution in [2.24, 2.45) is 0 Å². The highest BCUT2D eigenvalue weighted by Gasteiger charge is 2.27. The predicted molar refractivity (Wildman–Crippen MR) is 135 cm³/mol. The van der Waals surface area contributed by atoms with Gasteiger partial charge < -0.3 is 15.0 Å². The molecule has 1 heterocycles. The zero-order chi connectivity index (χ0) is 24.1. The van der Waals surface area contributed by atoms with Gasteiger partial charge in [0, 0.05) is 31.0 Å². The third kappa shape index (κ3) is 5.57. The average molecular weight is 458 g/mol. The van der Waals surface area contributed by atoms with E-state index in [0.717, 1.165) is 35.5 Å². The van der Waals surface area contributed by atoms with E-state index in [2.05, 4.69) is 37.4 Å². The first-order chi connectivity index (χ1) is 16.4. The second kappa shape index (κ2) is 10.4. The Kier molecular flexibility index (Phi) is 7.16. The first-order valence-electron chi connectivity index (χ1n) is 11.6. The third-order valence-electron chi connectivity index (χ3n) is 6.22. The van der Waals surface area contributed by atoms with Gasteiger partial charge in [-0.2, -0.15) is 0 Å². The molecule has 0 radical (unpaired) electrons. The number of hydrogen-bond acceptors (Lipinski definition) is 3. The Balaban J connectivity index is 1.41. The number of nitrogens with zero attached hydrogens (tertiary/aromatic N) is 2. The molecule has 0 bridgehead atoms. The van der Waals surface area contributed by atoms with Crippen LogP contribution in [0.1, 0.15) is 28.7 Å². The lowest BCUT2D eigenvalue weighted by atomic mass is 10.1. The van der Waals surface area contributed by atoms with Gasteiger partial charge >= 0.3 is 6.03 Å². The minimum Gasteiger partial charge on any atom is -0.497 e. The lowest BCUT2D eigenvalue weighted by Gasteiger charge is -2.36. The van der Waals surface area contributed by atoms with Gasteiger partial charge in [-0.25, -0.2) is 4.79 Å². The van der Waals surface area contributed by atoms with Crippen molar-refractivity contribution in [2.45, 2.75) is 33.2 Å². The average Bonchev–Trinajstić information content (AvgIpc) is 2.83. The smallest absolute Gasteiger partial charge is 0.324 e. The van der Waals surface area contributed by atoms with E-state index in [1.807, 2.05) is 53.4 Å². The van der Waals surface area contributed by atoms with Gasteiger partial charge in [0.2, 0.25) is 5.91 Å². The molecule has 34 heavy (non-hydrogen) atoms. The largest absolute Gasteiger partial charge is 0.497 e. The molecule has 1 fully saturated rings. The van der Waals surface area contributed by atoms with Crippen LogP contribution in [0.15, 0.2) is 66.7 Å². The SMILES string of the molecule is COc1ccc(CC(=O)Nc2cccc(N3CCCN(Cc4ccc(C)c(C)c4)C3=O)c2)cc1. The van der Waals surface area contributed by atoms with Crippen molar-refractivity contribution in [1.82, 2.24) is 4.90 Å². The Morgan fingerprint density at radius 1 is 0.941 bits per heavy atom. The molecule has 4 rings (SSSR count). The minimum absolute atomic E-state index is 0.00816. The number of aryl methyl sites for hydroxylation is 2. The summed E-state index contributed by atoms with van der Waals surface area (Å²) in [6.07, 6.45) is 1.16. The Morgan fingerprint density at radius 3 is 2.44 bits per heavy atom. The molecule has 0 spiro atoms. The van der Waals surface area contributed by atoms with Gasteiger partial charge in [-0.1, -0.05) is 36.4 Å². The predicted octanol–water partition coefficient (Wildman–Crippen LogP) is 5.33. The molecule has 176 valence electrons. The maximum Gasteiger partial charge on any atom is 0.324 e. The van der Waals surface area contributed by atoms with Crippen LogP contribution in [0.5, 0.6) is 5.75 Å². The van der Waals surface area contributed by atoms with E-state index in [0.29, 0.717) is 18.8 Å². The van der Waals surface area contributed by atoms with E-state index in [4.69, 9.17) is 4.74 Å². The van der Waals surface area contributed by atoms with E-state index in [-0.39, 0.29) is 18.4 Å². The van der Waals surface area contributed by atoms with E-state index >= 15 is 0 Å². The second-order valence-electron chi connectivity index (χ2n) is 8.75. The fourth-order valence-corrected chi connectivity index (χ4v) is 4.18. The monoisotopic (exact) mass is 457 g/mol. The molecule has 0 atom stereocenters. The van der Waals surface area contributed by atoms with E-state index < -0.39 is 0 Å². The number of urea groups is 1. The number of carbonyl (C=O) groups excluding carboxylic acids is 2. The molecule has 3 amide bonds. The molecule has 1 N–H and O–H groups in total. The Hall–Kier alpha value is -3.80. The number of nitrogens with one attached hydrogen (secondary N) is 1. The number of hydrogen-bond donors (Lipinski definition) is 1. The Bertz CT molecular complexity index is 1170. The zero-order valence-corrected chi connectivity index (χ0v) is 20.0. The number of anilines is 2. The van der Waals surface area contributed by atoms with Crippen molar-refractivity contribution < 1.29 is 14.3 Å². The molecule has 6 nitrogen and oxygen atoms in total. The summed E-state index contributed by atoms with van der Waals surface area (Å²) in [4.78, 5) is 29.5.